The van der Waals surface area contributed by atoms with Crippen LogP contribution in [-0.2, 0) is 0 Å². The van der Waals surface area contributed by atoms with Crippen molar-refractivity contribution >= 4 is 5.71 Å². The van der Waals surface area contributed by atoms with Gasteiger partial charge in [-0.3, -0.25) is 4.99 Å². The number of hydrogen-bond donors (Lipinski definition) is 1. The highest BCUT2D eigenvalue weighted by Crippen LogP contribution is 2.20. The van der Waals surface area contributed by atoms with Crippen LogP contribution in [-0.4, -0.2) is 18.8 Å². The van der Waals surface area contributed by atoms with Crippen LogP contribution in [0.1, 0.15) is 61.3 Å². The molecular weight excluding hydrogens is 232 g/mol. The van der Waals surface area contributed by atoms with Crippen LogP contribution in [0.4, 0.5) is 0 Å². The minimum atomic E-state index is 0.730. The molecule has 0 spiro atoms. The lowest BCUT2D eigenvalue weighted by atomic mass is 9.91. The van der Waals surface area contributed by atoms with Crippen LogP contribution in [0.25, 0.3) is 0 Å². The van der Waals surface area contributed by atoms with E-state index in [2.05, 4.69) is 17.2 Å². The monoisotopic (exact) mass is 266 g/mol. The Hall–Kier alpha value is -0.890. The topological polar surface area (TPSA) is 24.4 Å². The molecule has 0 aromatic rings. The number of hydrogen-bond acceptors (Lipinski definition) is 2. The minimum absolute atomic E-state index is 0.730. The van der Waals surface area contributed by atoms with E-state index >= 15 is 0 Å². The van der Waals surface area contributed by atoms with E-state index in [1.165, 1.54) is 18.4 Å². The average molecular weight is 266 g/mol. The molecule has 1 rings (SSSR count). The van der Waals surface area contributed by atoms with Crippen molar-refractivity contribution in [2.24, 2.45) is 10.9 Å². The number of nitrogens with zero attached hydrogens (tertiary/aromatic N) is 1. The molecule has 2 heteroatoms. The zero-order valence-corrected chi connectivity index (χ0v) is 14.1. The van der Waals surface area contributed by atoms with Gasteiger partial charge in [-0.05, 0) is 58.7 Å². The third kappa shape index (κ3) is 10.7. The van der Waals surface area contributed by atoms with Crippen molar-refractivity contribution in [3.8, 4) is 0 Å². The fourth-order valence-corrected chi connectivity index (χ4v) is 1.87. The van der Waals surface area contributed by atoms with E-state index in [0.717, 1.165) is 24.7 Å². The molecule has 112 valence electrons. The second kappa shape index (κ2) is 15.2. The van der Waals surface area contributed by atoms with Gasteiger partial charge >= 0.3 is 0 Å². The summed E-state index contributed by atoms with van der Waals surface area (Å²) in [7, 11) is 0. The number of piperidine rings is 1. The lowest BCUT2D eigenvalue weighted by molar-refractivity contribution is 0.419. The van der Waals surface area contributed by atoms with Crippen LogP contribution in [0.15, 0.2) is 28.9 Å². The van der Waals surface area contributed by atoms with Crippen molar-refractivity contribution in [2.45, 2.75) is 61.3 Å². The molecule has 0 aromatic heterocycles. The van der Waals surface area contributed by atoms with E-state index < -0.39 is 0 Å². The molecule has 1 N–H and O–H groups in total. The lowest BCUT2D eigenvalue weighted by Crippen LogP contribution is -2.28. The first-order chi connectivity index (χ1) is 9.24. The summed E-state index contributed by atoms with van der Waals surface area (Å²) in [5.41, 5.74) is 2.49. The molecule has 2 nitrogen and oxygen atoms in total. The van der Waals surface area contributed by atoms with Crippen molar-refractivity contribution in [1.29, 1.82) is 0 Å². The fraction of sp³-hybridized carbons (Fsp3) is 0.706. The summed E-state index contributed by atoms with van der Waals surface area (Å²) >= 11 is 0. The third-order valence-electron chi connectivity index (χ3n) is 2.86. The second-order valence-corrected chi connectivity index (χ2v) is 4.17. The van der Waals surface area contributed by atoms with Gasteiger partial charge in [0.2, 0.25) is 0 Å². The second-order valence-electron chi connectivity index (χ2n) is 4.17. The maximum atomic E-state index is 4.44. The molecule has 1 heterocycles. The quantitative estimate of drug-likeness (QED) is 0.716. The molecule has 1 aliphatic rings. The van der Waals surface area contributed by atoms with Crippen LogP contribution in [0.5, 0.6) is 0 Å². The molecule has 0 aromatic carbocycles. The Kier molecular flexibility index (Phi) is 16.3. The molecule has 0 unspecified atom stereocenters. The Labute approximate surface area is 121 Å². The molecule has 0 bridgehead atoms. The molecule has 0 atom stereocenters. The standard InChI is InChI=1S/C13H22N2.2C2H6/c1-4-5-12(3)15-10-11(2)13-6-8-14-9-7-13;2*1-2/h4-5,10,13-14H,6-9H2,1-3H3;2*1-2H3/b5-4-,11-10+,15-12-;;. The van der Waals surface area contributed by atoms with Crippen LogP contribution < -0.4 is 5.32 Å². The van der Waals surface area contributed by atoms with Crippen LogP contribution in [0.3, 0.4) is 0 Å². The number of nitrogens with one attached hydrogen (secondary N) is 1. The minimum Gasteiger partial charge on any atom is -0.317 e. The van der Waals surface area contributed by atoms with Gasteiger partial charge in [0.15, 0.2) is 0 Å². The molecule has 0 aliphatic carbocycles. The van der Waals surface area contributed by atoms with E-state index in [0.29, 0.717) is 0 Å². The molecule has 0 radical (unpaired) electrons. The summed E-state index contributed by atoms with van der Waals surface area (Å²) in [5, 5.41) is 3.38. The highest BCUT2D eigenvalue weighted by Gasteiger charge is 2.13. The lowest BCUT2D eigenvalue weighted by Gasteiger charge is -2.22. The summed E-state index contributed by atoms with van der Waals surface area (Å²) in [4.78, 5) is 4.44. The van der Waals surface area contributed by atoms with Gasteiger partial charge in [0.05, 0.1) is 0 Å². The zero-order valence-electron chi connectivity index (χ0n) is 14.1. The Balaban J connectivity index is 0. The maximum absolute atomic E-state index is 4.44. The van der Waals surface area contributed by atoms with Gasteiger partial charge in [0.1, 0.15) is 0 Å². The van der Waals surface area contributed by atoms with Gasteiger partial charge in [-0.15, -0.1) is 0 Å². The Morgan fingerprint density at radius 3 is 2.05 bits per heavy atom. The molecule has 0 amide bonds. The van der Waals surface area contributed by atoms with Crippen molar-refractivity contribution in [3.05, 3.63) is 23.9 Å². The normalized spacial score (nSPS) is 17.4. The fourth-order valence-electron chi connectivity index (χ4n) is 1.87. The van der Waals surface area contributed by atoms with E-state index in [1.54, 1.807) is 0 Å². The Bertz CT molecular complexity index is 269. The average Bonchev–Trinajstić information content (AvgIpc) is 2.50. The Morgan fingerprint density at radius 2 is 1.58 bits per heavy atom. The summed E-state index contributed by atoms with van der Waals surface area (Å²) in [6.45, 7) is 16.5. The summed E-state index contributed by atoms with van der Waals surface area (Å²) in [6.07, 6.45) is 8.59. The van der Waals surface area contributed by atoms with E-state index in [9.17, 15) is 0 Å². The summed E-state index contributed by atoms with van der Waals surface area (Å²) in [6, 6.07) is 0. The van der Waals surface area contributed by atoms with Crippen molar-refractivity contribution < 1.29 is 0 Å². The van der Waals surface area contributed by atoms with Gasteiger partial charge in [0.25, 0.3) is 0 Å². The van der Waals surface area contributed by atoms with E-state index in [-0.39, 0.29) is 0 Å². The van der Waals surface area contributed by atoms with Crippen molar-refractivity contribution in [3.63, 3.8) is 0 Å². The molecule has 1 saturated heterocycles. The largest absolute Gasteiger partial charge is 0.317 e. The first-order valence-corrected chi connectivity index (χ1v) is 7.78. The predicted molar refractivity (Wildman–Crippen MR) is 90.0 cm³/mol. The van der Waals surface area contributed by atoms with Crippen LogP contribution in [0, 0.1) is 5.92 Å². The molecule has 1 aliphatic heterocycles. The van der Waals surface area contributed by atoms with E-state index in [4.69, 9.17) is 0 Å². The highest BCUT2D eigenvalue weighted by molar-refractivity contribution is 5.93. The molecule has 0 saturated carbocycles. The summed E-state index contributed by atoms with van der Waals surface area (Å²) in [5.74, 6) is 0.730. The Morgan fingerprint density at radius 1 is 1.05 bits per heavy atom. The van der Waals surface area contributed by atoms with Gasteiger partial charge in [-0.2, -0.15) is 0 Å². The van der Waals surface area contributed by atoms with Crippen molar-refractivity contribution in [1.82, 2.24) is 5.32 Å². The molecular formula is C17H34N2. The molecule has 1 fully saturated rings. The van der Waals surface area contributed by atoms with Gasteiger partial charge in [-0.25, -0.2) is 0 Å². The number of rotatable bonds is 3. The smallest absolute Gasteiger partial charge is 0.0369 e. The SMILES string of the molecule is CC.CC.C\C=C/C(C)=N\C=C(/C)C1CCNCC1. The third-order valence-corrected chi connectivity index (χ3v) is 2.86. The molecule has 19 heavy (non-hydrogen) atoms. The predicted octanol–water partition coefficient (Wildman–Crippen LogP) is 4.98. The maximum Gasteiger partial charge on any atom is 0.0369 e. The van der Waals surface area contributed by atoms with Crippen LogP contribution >= 0.6 is 0 Å². The highest BCUT2D eigenvalue weighted by atomic mass is 14.9. The summed E-state index contributed by atoms with van der Waals surface area (Å²) < 4.78 is 0. The van der Waals surface area contributed by atoms with Crippen LogP contribution in [0.2, 0.25) is 0 Å². The zero-order chi connectivity index (χ0) is 15.1. The first-order valence-electron chi connectivity index (χ1n) is 7.78. The van der Waals surface area contributed by atoms with Crippen molar-refractivity contribution in [2.75, 3.05) is 13.1 Å². The van der Waals surface area contributed by atoms with E-state index in [1.807, 2.05) is 59.9 Å². The number of aliphatic imine (C=N–C) groups is 1. The van der Waals surface area contributed by atoms with Gasteiger partial charge < -0.3 is 5.32 Å². The first kappa shape index (κ1) is 20.4. The number of allylic oxidation sites excluding steroid dienone is 3. The van der Waals surface area contributed by atoms with Gasteiger partial charge in [0, 0.05) is 11.9 Å². The van der Waals surface area contributed by atoms with Gasteiger partial charge in [-0.1, -0.05) is 39.3 Å².